The highest BCUT2D eigenvalue weighted by molar-refractivity contribution is 5.91. The molecule has 0 aliphatic heterocycles. The highest BCUT2D eigenvalue weighted by Crippen LogP contribution is 2.21. The molecule has 1 fully saturated rings. The predicted octanol–water partition coefficient (Wildman–Crippen LogP) is 3.37. The van der Waals surface area contributed by atoms with E-state index in [2.05, 4.69) is 19.2 Å². The third-order valence-electron chi connectivity index (χ3n) is 3.66. The summed E-state index contributed by atoms with van der Waals surface area (Å²) in [6, 6.07) is 9.77. The number of nitrogens with one attached hydrogen (secondary N) is 1. The van der Waals surface area contributed by atoms with Gasteiger partial charge in [0.15, 0.2) is 5.76 Å². The van der Waals surface area contributed by atoms with Crippen LogP contribution in [0.1, 0.15) is 40.3 Å². The van der Waals surface area contributed by atoms with E-state index in [0.29, 0.717) is 24.2 Å². The van der Waals surface area contributed by atoms with E-state index in [0.717, 1.165) is 18.6 Å². The van der Waals surface area contributed by atoms with Gasteiger partial charge in [-0.25, -0.2) is 0 Å². The van der Waals surface area contributed by atoms with Crippen molar-refractivity contribution in [2.75, 3.05) is 0 Å². The number of furan rings is 1. The second-order valence-corrected chi connectivity index (χ2v) is 5.55. The zero-order chi connectivity index (χ0) is 14.8. The van der Waals surface area contributed by atoms with Gasteiger partial charge in [-0.15, -0.1) is 0 Å². The molecule has 0 saturated heterocycles. The maximum Gasteiger partial charge on any atom is 0.287 e. The van der Waals surface area contributed by atoms with Gasteiger partial charge in [-0.1, -0.05) is 6.07 Å². The molecule has 1 aliphatic rings. The molecule has 1 heterocycles. The van der Waals surface area contributed by atoms with Gasteiger partial charge in [-0.2, -0.15) is 0 Å². The summed E-state index contributed by atoms with van der Waals surface area (Å²) in [5.74, 6) is 1.66. The maximum absolute atomic E-state index is 11.8. The van der Waals surface area contributed by atoms with E-state index in [-0.39, 0.29) is 5.91 Å². The van der Waals surface area contributed by atoms with Crippen molar-refractivity contribution in [3.63, 3.8) is 0 Å². The van der Waals surface area contributed by atoms with Crippen LogP contribution < -0.4 is 10.1 Å². The molecule has 0 spiro atoms. The lowest BCUT2D eigenvalue weighted by Gasteiger charge is -2.06. The summed E-state index contributed by atoms with van der Waals surface area (Å²) in [4.78, 5) is 11.8. The molecule has 0 radical (unpaired) electrons. The normalized spacial score (nSPS) is 14.0. The molecule has 4 nitrogen and oxygen atoms in total. The van der Waals surface area contributed by atoms with Crippen LogP contribution >= 0.6 is 0 Å². The van der Waals surface area contributed by atoms with Gasteiger partial charge < -0.3 is 14.5 Å². The minimum absolute atomic E-state index is 0.144. The second kappa shape index (κ2) is 5.64. The van der Waals surface area contributed by atoms with Crippen molar-refractivity contribution in [2.45, 2.75) is 39.3 Å². The van der Waals surface area contributed by atoms with Gasteiger partial charge in [-0.05, 0) is 62.1 Å². The van der Waals surface area contributed by atoms with Gasteiger partial charge in [0, 0.05) is 6.04 Å². The largest absolute Gasteiger partial charge is 0.486 e. The van der Waals surface area contributed by atoms with E-state index >= 15 is 0 Å². The Morgan fingerprint density at radius 2 is 2.05 bits per heavy atom. The zero-order valence-electron chi connectivity index (χ0n) is 12.3. The molecule has 4 heteroatoms. The summed E-state index contributed by atoms with van der Waals surface area (Å²) < 4.78 is 11.2. The Balaban J connectivity index is 1.58. The quantitative estimate of drug-likeness (QED) is 0.916. The Kier molecular flexibility index (Phi) is 3.69. The topological polar surface area (TPSA) is 51.5 Å². The van der Waals surface area contributed by atoms with Gasteiger partial charge in [0.1, 0.15) is 18.1 Å². The molecule has 110 valence electrons. The Labute approximate surface area is 124 Å². The minimum Gasteiger partial charge on any atom is -0.486 e. The number of aryl methyl sites for hydroxylation is 2. The predicted molar refractivity (Wildman–Crippen MR) is 79.4 cm³/mol. The van der Waals surface area contributed by atoms with Crippen LogP contribution in [0.3, 0.4) is 0 Å². The number of hydrogen-bond donors (Lipinski definition) is 1. The fourth-order valence-electron chi connectivity index (χ4n) is 2.02. The molecular formula is C17H19NO3. The summed E-state index contributed by atoms with van der Waals surface area (Å²) in [5, 5.41) is 2.90. The summed E-state index contributed by atoms with van der Waals surface area (Å²) in [5.41, 5.74) is 2.43. The number of carbonyl (C=O) groups excluding carboxylic acids is 1. The molecule has 2 aromatic rings. The maximum atomic E-state index is 11.8. The number of hydrogen-bond acceptors (Lipinski definition) is 3. The first-order chi connectivity index (χ1) is 10.1. The first-order valence-electron chi connectivity index (χ1n) is 7.21. The fraction of sp³-hybridized carbons (Fsp3) is 0.353. The molecule has 1 saturated carbocycles. The van der Waals surface area contributed by atoms with Crippen LogP contribution in [-0.2, 0) is 6.61 Å². The van der Waals surface area contributed by atoms with Gasteiger partial charge in [-0.3, -0.25) is 4.79 Å². The molecule has 1 amide bonds. The molecule has 1 aromatic carbocycles. The number of rotatable bonds is 5. The summed E-state index contributed by atoms with van der Waals surface area (Å²) >= 11 is 0. The Morgan fingerprint density at radius 1 is 1.24 bits per heavy atom. The first-order valence-corrected chi connectivity index (χ1v) is 7.21. The van der Waals surface area contributed by atoms with E-state index in [9.17, 15) is 4.79 Å². The van der Waals surface area contributed by atoms with Gasteiger partial charge in [0.25, 0.3) is 5.91 Å². The Hall–Kier alpha value is -2.23. The van der Waals surface area contributed by atoms with Crippen molar-refractivity contribution in [1.29, 1.82) is 0 Å². The highest BCUT2D eigenvalue weighted by atomic mass is 16.5. The number of ether oxygens (including phenoxy) is 1. The molecule has 0 unspecified atom stereocenters. The second-order valence-electron chi connectivity index (χ2n) is 5.55. The van der Waals surface area contributed by atoms with E-state index in [1.54, 1.807) is 12.1 Å². The van der Waals surface area contributed by atoms with Crippen molar-refractivity contribution in [3.8, 4) is 5.75 Å². The lowest BCUT2D eigenvalue weighted by Crippen LogP contribution is -2.24. The number of carbonyl (C=O) groups is 1. The fourth-order valence-corrected chi connectivity index (χ4v) is 2.02. The Morgan fingerprint density at radius 3 is 2.76 bits per heavy atom. The molecular weight excluding hydrogens is 266 g/mol. The van der Waals surface area contributed by atoms with Gasteiger partial charge in [0.05, 0.1) is 0 Å². The molecule has 0 atom stereocenters. The smallest absolute Gasteiger partial charge is 0.287 e. The van der Waals surface area contributed by atoms with Crippen molar-refractivity contribution in [3.05, 3.63) is 53.0 Å². The van der Waals surface area contributed by atoms with Crippen LogP contribution in [0.4, 0.5) is 0 Å². The van der Waals surface area contributed by atoms with Crippen LogP contribution in [0.5, 0.6) is 5.75 Å². The zero-order valence-corrected chi connectivity index (χ0v) is 12.3. The van der Waals surface area contributed by atoms with E-state index in [1.807, 2.05) is 18.2 Å². The van der Waals surface area contributed by atoms with E-state index in [4.69, 9.17) is 9.15 Å². The van der Waals surface area contributed by atoms with Crippen LogP contribution in [0.25, 0.3) is 0 Å². The third kappa shape index (κ3) is 3.45. The van der Waals surface area contributed by atoms with E-state index < -0.39 is 0 Å². The Bertz CT molecular complexity index is 656. The van der Waals surface area contributed by atoms with Crippen molar-refractivity contribution in [2.24, 2.45) is 0 Å². The monoisotopic (exact) mass is 285 g/mol. The highest BCUT2D eigenvalue weighted by Gasteiger charge is 2.25. The minimum atomic E-state index is -0.144. The van der Waals surface area contributed by atoms with Gasteiger partial charge in [0.2, 0.25) is 0 Å². The summed E-state index contributed by atoms with van der Waals surface area (Å²) in [6.45, 7) is 4.44. The van der Waals surface area contributed by atoms with Crippen LogP contribution in [0, 0.1) is 13.8 Å². The average Bonchev–Trinajstić information content (AvgIpc) is 3.15. The van der Waals surface area contributed by atoms with E-state index in [1.165, 1.54) is 11.1 Å². The number of benzene rings is 1. The molecule has 1 aromatic heterocycles. The van der Waals surface area contributed by atoms with Gasteiger partial charge >= 0.3 is 0 Å². The third-order valence-corrected chi connectivity index (χ3v) is 3.66. The molecule has 21 heavy (non-hydrogen) atoms. The van der Waals surface area contributed by atoms with Crippen LogP contribution in [-0.4, -0.2) is 11.9 Å². The lowest BCUT2D eigenvalue weighted by molar-refractivity contribution is 0.0919. The molecule has 1 N–H and O–H groups in total. The molecule has 0 bridgehead atoms. The van der Waals surface area contributed by atoms with Crippen molar-refractivity contribution in [1.82, 2.24) is 5.32 Å². The lowest BCUT2D eigenvalue weighted by atomic mass is 10.1. The molecule has 3 rings (SSSR count). The van der Waals surface area contributed by atoms with Crippen molar-refractivity contribution >= 4 is 5.91 Å². The summed E-state index contributed by atoms with van der Waals surface area (Å²) in [6.07, 6.45) is 2.13. The van der Waals surface area contributed by atoms with Crippen LogP contribution in [0.15, 0.2) is 34.7 Å². The SMILES string of the molecule is Cc1ccc(OCc2ccc(C(=O)NC3CC3)o2)cc1C. The standard InChI is InChI=1S/C17H19NO3/c1-11-3-6-14(9-12(11)2)20-10-15-7-8-16(21-15)17(19)18-13-4-5-13/h3,6-9,13H,4-5,10H2,1-2H3,(H,18,19). The van der Waals surface area contributed by atoms with Crippen molar-refractivity contribution < 1.29 is 13.9 Å². The van der Waals surface area contributed by atoms with Crippen LogP contribution in [0.2, 0.25) is 0 Å². The molecule has 1 aliphatic carbocycles. The first kappa shape index (κ1) is 13.7. The average molecular weight is 285 g/mol. The number of amides is 1. The summed E-state index contributed by atoms with van der Waals surface area (Å²) in [7, 11) is 0.